The van der Waals surface area contributed by atoms with E-state index in [-0.39, 0.29) is 24.3 Å². The molecule has 3 N–H and O–H groups in total. The molecule has 5 nitrogen and oxygen atoms in total. The van der Waals surface area contributed by atoms with Gasteiger partial charge in [-0.1, -0.05) is 53.5 Å². The Bertz CT molecular complexity index is 781. The molecular formula is C21H25BrFN3O2. The highest BCUT2D eigenvalue weighted by Crippen LogP contribution is 2.16. The number of halogens is 2. The third kappa shape index (κ3) is 6.96. The SMILES string of the molecule is CCC[C@@H](NC(=O)NCc1ccc(F)cc1)C(=O)N[C@@H](C)c1ccc(Br)cc1. The monoisotopic (exact) mass is 449 g/mol. The van der Waals surface area contributed by atoms with Crippen LogP contribution in [0, 0.1) is 5.82 Å². The maximum absolute atomic E-state index is 12.9. The molecule has 0 saturated heterocycles. The molecule has 0 unspecified atom stereocenters. The quantitative estimate of drug-likeness (QED) is 0.557. The maximum Gasteiger partial charge on any atom is 0.315 e. The summed E-state index contributed by atoms with van der Waals surface area (Å²) >= 11 is 3.39. The fourth-order valence-electron chi connectivity index (χ4n) is 2.70. The normalized spacial score (nSPS) is 12.7. The summed E-state index contributed by atoms with van der Waals surface area (Å²) < 4.78 is 13.9. The molecule has 0 aliphatic heterocycles. The lowest BCUT2D eigenvalue weighted by Gasteiger charge is -2.21. The molecule has 0 aliphatic rings. The minimum Gasteiger partial charge on any atom is -0.348 e. The predicted molar refractivity (Wildman–Crippen MR) is 111 cm³/mol. The molecule has 2 rings (SSSR count). The Morgan fingerprint density at radius 1 is 1.04 bits per heavy atom. The van der Waals surface area contributed by atoms with E-state index >= 15 is 0 Å². The van der Waals surface area contributed by atoms with Crippen LogP contribution in [0.1, 0.15) is 43.9 Å². The topological polar surface area (TPSA) is 70.2 Å². The van der Waals surface area contributed by atoms with Crippen molar-refractivity contribution < 1.29 is 14.0 Å². The Labute approximate surface area is 173 Å². The molecule has 0 bridgehead atoms. The Hall–Kier alpha value is -2.41. The molecule has 0 aliphatic carbocycles. The van der Waals surface area contributed by atoms with Gasteiger partial charge in [0, 0.05) is 11.0 Å². The van der Waals surface area contributed by atoms with Gasteiger partial charge in [-0.05, 0) is 48.7 Å². The minimum atomic E-state index is -0.629. The van der Waals surface area contributed by atoms with Gasteiger partial charge in [-0.2, -0.15) is 0 Å². The molecule has 0 radical (unpaired) electrons. The molecule has 28 heavy (non-hydrogen) atoms. The summed E-state index contributed by atoms with van der Waals surface area (Å²) in [6, 6.07) is 12.4. The standard InChI is InChI=1S/C21H25BrFN3O2/c1-3-4-19(20(27)25-14(2)16-7-9-17(22)10-8-16)26-21(28)24-13-15-5-11-18(23)12-6-15/h5-12,14,19H,3-4,13H2,1-2H3,(H,25,27)(H2,24,26,28)/t14-,19+/m0/s1. The molecule has 150 valence electrons. The zero-order valence-electron chi connectivity index (χ0n) is 16.0. The number of hydrogen-bond donors (Lipinski definition) is 3. The van der Waals surface area contributed by atoms with Gasteiger partial charge in [0.25, 0.3) is 0 Å². The largest absolute Gasteiger partial charge is 0.348 e. The van der Waals surface area contributed by atoms with Crippen molar-refractivity contribution in [2.45, 2.75) is 45.3 Å². The van der Waals surface area contributed by atoms with E-state index in [4.69, 9.17) is 0 Å². The molecule has 0 fully saturated rings. The fourth-order valence-corrected chi connectivity index (χ4v) is 2.96. The number of rotatable bonds is 8. The lowest BCUT2D eigenvalue weighted by atomic mass is 10.1. The third-order valence-electron chi connectivity index (χ3n) is 4.29. The van der Waals surface area contributed by atoms with Crippen molar-refractivity contribution in [2.24, 2.45) is 0 Å². The van der Waals surface area contributed by atoms with Crippen LogP contribution in [0.4, 0.5) is 9.18 Å². The third-order valence-corrected chi connectivity index (χ3v) is 4.82. The van der Waals surface area contributed by atoms with Gasteiger partial charge in [0.2, 0.25) is 5.91 Å². The predicted octanol–water partition coefficient (Wildman–Crippen LogP) is 4.43. The highest BCUT2D eigenvalue weighted by Gasteiger charge is 2.21. The van der Waals surface area contributed by atoms with Crippen molar-refractivity contribution in [1.29, 1.82) is 0 Å². The first kappa shape index (κ1) is 21.9. The van der Waals surface area contributed by atoms with E-state index in [0.717, 1.165) is 22.0 Å². The van der Waals surface area contributed by atoms with Crippen LogP contribution in [0.2, 0.25) is 0 Å². The van der Waals surface area contributed by atoms with Gasteiger partial charge in [-0.15, -0.1) is 0 Å². The summed E-state index contributed by atoms with van der Waals surface area (Å²) in [5.41, 5.74) is 1.75. The van der Waals surface area contributed by atoms with Gasteiger partial charge in [-0.25, -0.2) is 9.18 Å². The molecule has 7 heteroatoms. The van der Waals surface area contributed by atoms with E-state index in [1.165, 1.54) is 12.1 Å². The van der Waals surface area contributed by atoms with E-state index in [0.29, 0.717) is 6.42 Å². The van der Waals surface area contributed by atoms with E-state index < -0.39 is 12.1 Å². The number of nitrogens with one attached hydrogen (secondary N) is 3. The van der Waals surface area contributed by atoms with Gasteiger partial charge < -0.3 is 16.0 Å². The van der Waals surface area contributed by atoms with E-state index in [1.54, 1.807) is 12.1 Å². The first-order valence-corrected chi connectivity index (χ1v) is 10.0. The summed E-state index contributed by atoms with van der Waals surface area (Å²) in [4.78, 5) is 24.8. The fraction of sp³-hybridized carbons (Fsp3) is 0.333. The number of carbonyl (C=O) groups is 2. The van der Waals surface area contributed by atoms with Crippen molar-refractivity contribution in [1.82, 2.24) is 16.0 Å². The molecule has 2 aromatic carbocycles. The molecule has 2 atom stereocenters. The van der Waals surface area contributed by atoms with Crippen LogP contribution in [-0.4, -0.2) is 18.0 Å². The van der Waals surface area contributed by atoms with Crippen LogP contribution >= 0.6 is 15.9 Å². The summed E-state index contributed by atoms with van der Waals surface area (Å²) in [5.74, 6) is -0.554. The maximum atomic E-state index is 12.9. The summed E-state index contributed by atoms with van der Waals surface area (Å²) in [6.07, 6.45) is 1.28. The van der Waals surface area contributed by atoms with Gasteiger partial charge in [-0.3, -0.25) is 4.79 Å². The lowest BCUT2D eigenvalue weighted by molar-refractivity contribution is -0.123. The molecule has 0 aromatic heterocycles. The smallest absolute Gasteiger partial charge is 0.315 e. The first-order chi connectivity index (χ1) is 13.4. The zero-order chi connectivity index (χ0) is 20.5. The Kier molecular flexibility index (Phi) is 8.44. The van der Waals surface area contributed by atoms with Gasteiger partial charge in [0.05, 0.1) is 6.04 Å². The average molecular weight is 450 g/mol. The van der Waals surface area contributed by atoms with Crippen LogP contribution in [0.5, 0.6) is 0 Å². The molecular weight excluding hydrogens is 425 g/mol. The molecule has 0 heterocycles. The highest BCUT2D eigenvalue weighted by molar-refractivity contribution is 9.10. The van der Waals surface area contributed by atoms with Gasteiger partial charge >= 0.3 is 6.03 Å². The number of urea groups is 1. The molecule has 3 amide bonds. The second-order valence-electron chi connectivity index (χ2n) is 6.58. The minimum absolute atomic E-state index is 0.177. The van der Waals surface area contributed by atoms with Gasteiger partial charge in [0.15, 0.2) is 0 Å². The van der Waals surface area contributed by atoms with E-state index in [9.17, 15) is 14.0 Å². The molecule has 0 saturated carbocycles. The van der Waals surface area contributed by atoms with Crippen LogP contribution < -0.4 is 16.0 Å². The summed E-state index contributed by atoms with van der Waals surface area (Å²) in [5, 5.41) is 8.36. The van der Waals surface area contributed by atoms with Crippen molar-refractivity contribution >= 4 is 27.9 Å². The Morgan fingerprint density at radius 2 is 1.68 bits per heavy atom. The number of amides is 3. The van der Waals surface area contributed by atoms with Gasteiger partial charge in [0.1, 0.15) is 11.9 Å². The average Bonchev–Trinajstić information content (AvgIpc) is 2.67. The van der Waals surface area contributed by atoms with Crippen molar-refractivity contribution in [3.8, 4) is 0 Å². The second kappa shape index (κ2) is 10.8. The van der Waals surface area contributed by atoms with Crippen molar-refractivity contribution in [3.63, 3.8) is 0 Å². The lowest BCUT2D eigenvalue weighted by Crippen LogP contribution is -2.50. The highest BCUT2D eigenvalue weighted by atomic mass is 79.9. The number of carbonyl (C=O) groups excluding carboxylic acids is 2. The van der Waals surface area contributed by atoms with E-state index in [2.05, 4.69) is 31.9 Å². The molecule has 2 aromatic rings. The van der Waals surface area contributed by atoms with Crippen LogP contribution in [0.3, 0.4) is 0 Å². The second-order valence-corrected chi connectivity index (χ2v) is 7.49. The number of benzene rings is 2. The Balaban J connectivity index is 1.89. The zero-order valence-corrected chi connectivity index (χ0v) is 17.6. The molecule has 0 spiro atoms. The van der Waals surface area contributed by atoms with Crippen LogP contribution in [0.25, 0.3) is 0 Å². The summed E-state index contributed by atoms with van der Waals surface area (Å²) in [6.45, 7) is 4.11. The van der Waals surface area contributed by atoms with Crippen molar-refractivity contribution in [3.05, 3.63) is 69.9 Å². The number of hydrogen-bond acceptors (Lipinski definition) is 2. The van der Waals surface area contributed by atoms with Crippen LogP contribution in [-0.2, 0) is 11.3 Å². The van der Waals surface area contributed by atoms with E-state index in [1.807, 2.05) is 38.1 Å². The van der Waals surface area contributed by atoms with Crippen molar-refractivity contribution in [2.75, 3.05) is 0 Å². The summed E-state index contributed by atoms with van der Waals surface area (Å²) in [7, 11) is 0. The Morgan fingerprint density at radius 3 is 2.29 bits per heavy atom. The van der Waals surface area contributed by atoms with Crippen LogP contribution in [0.15, 0.2) is 53.0 Å². The first-order valence-electron chi connectivity index (χ1n) is 9.23.